The largest absolute Gasteiger partial charge is 0.456 e. The van der Waals surface area contributed by atoms with E-state index in [2.05, 4.69) is 162 Å². The SMILES string of the molecule is c1ccc(-c2nc(-n3c4ccccc4c4c5c6ccccc6c(-c6ccc7oc8ccccc8c7c6)cc5c5ccccc5c43)nc3ccccc23)cc1. The molecule has 4 nitrogen and oxygen atoms in total. The second kappa shape index (κ2) is 11.1. The van der Waals surface area contributed by atoms with E-state index in [1.54, 1.807) is 0 Å². The zero-order chi connectivity index (χ0) is 35.3. The maximum atomic E-state index is 6.23. The van der Waals surface area contributed by atoms with Crippen molar-refractivity contribution >= 4 is 87.0 Å². The molecule has 12 aromatic rings. The van der Waals surface area contributed by atoms with Gasteiger partial charge in [-0.2, -0.15) is 0 Å². The lowest BCUT2D eigenvalue weighted by Crippen LogP contribution is -2.03. The van der Waals surface area contributed by atoms with Crippen molar-refractivity contribution in [1.29, 1.82) is 0 Å². The Bertz CT molecular complexity index is 3500. The number of fused-ring (bicyclic) bond motifs is 14. The van der Waals surface area contributed by atoms with E-state index in [1.165, 1.54) is 43.3 Å². The minimum atomic E-state index is 0.657. The van der Waals surface area contributed by atoms with Crippen LogP contribution in [0.5, 0.6) is 0 Å². The molecule has 3 heterocycles. The minimum absolute atomic E-state index is 0.657. The number of furan rings is 1. The summed E-state index contributed by atoms with van der Waals surface area (Å²) >= 11 is 0. The van der Waals surface area contributed by atoms with Gasteiger partial charge in [-0.05, 0) is 69.1 Å². The Kier molecular flexibility index (Phi) is 6.02. The van der Waals surface area contributed by atoms with E-state index in [-0.39, 0.29) is 0 Å². The molecule has 0 aliphatic heterocycles. The van der Waals surface area contributed by atoms with Crippen LogP contribution in [0.15, 0.2) is 180 Å². The first-order chi connectivity index (χ1) is 26.8. The second-order valence-electron chi connectivity index (χ2n) is 14.1. The van der Waals surface area contributed by atoms with Crippen LogP contribution in [0.25, 0.3) is 115 Å². The van der Waals surface area contributed by atoms with Gasteiger partial charge in [0.2, 0.25) is 5.95 Å². The number of benzene rings is 9. The number of para-hydroxylation sites is 3. The van der Waals surface area contributed by atoms with E-state index in [1.807, 2.05) is 18.2 Å². The number of hydrogen-bond acceptors (Lipinski definition) is 3. The smallest absolute Gasteiger partial charge is 0.235 e. The summed E-state index contributed by atoms with van der Waals surface area (Å²) in [5, 5.41) is 12.9. The molecule has 0 atom stereocenters. The van der Waals surface area contributed by atoms with Crippen molar-refractivity contribution in [2.24, 2.45) is 0 Å². The predicted molar refractivity (Wildman–Crippen MR) is 225 cm³/mol. The van der Waals surface area contributed by atoms with Crippen LogP contribution in [0.1, 0.15) is 0 Å². The molecule has 0 saturated carbocycles. The first kappa shape index (κ1) is 29.3. The molecule has 0 saturated heterocycles. The summed E-state index contributed by atoms with van der Waals surface area (Å²) in [6, 6.07) is 62.5. The maximum absolute atomic E-state index is 6.23. The average molecular weight is 688 g/mol. The van der Waals surface area contributed by atoms with Crippen LogP contribution < -0.4 is 0 Å². The molecule has 54 heavy (non-hydrogen) atoms. The third kappa shape index (κ3) is 4.08. The van der Waals surface area contributed by atoms with Gasteiger partial charge in [-0.15, -0.1) is 0 Å². The molecule has 0 N–H and O–H groups in total. The fourth-order valence-corrected chi connectivity index (χ4v) is 8.85. The van der Waals surface area contributed by atoms with Crippen molar-refractivity contribution < 1.29 is 4.42 Å². The lowest BCUT2D eigenvalue weighted by molar-refractivity contribution is 0.669. The van der Waals surface area contributed by atoms with E-state index in [4.69, 9.17) is 14.4 Å². The highest BCUT2D eigenvalue weighted by molar-refractivity contribution is 6.38. The van der Waals surface area contributed by atoms with E-state index < -0.39 is 0 Å². The molecule has 0 amide bonds. The molecule has 0 aliphatic carbocycles. The zero-order valence-corrected chi connectivity index (χ0v) is 29.0. The van der Waals surface area contributed by atoms with Gasteiger partial charge in [0.15, 0.2) is 0 Å². The molecule has 0 aliphatic rings. The van der Waals surface area contributed by atoms with Crippen LogP contribution in [0.4, 0.5) is 0 Å². The zero-order valence-electron chi connectivity index (χ0n) is 29.0. The van der Waals surface area contributed by atoms with Gasteiger partial charge in [-0.1, -0.05) is 140 Å². The molecule has 12 rings (SSSR count). The van der Waals surface area contributed by atoms with E-state index in [0.29, 0.717) is 5.95 Å². The van der Waals surface area contributed by atoms with Crippen LogP contribution in [-0.2, 0) is 0 Å². The summed E-state index contributed by atoms with van der Waals surface area (Å²) in [5.41, 5.74) is 9.25. The summed E-state index contributed by atoms with van der Waals surface area (Å²) < 4.78 is 8.53. The Balaban J connectivity index is 1.24. The lowest BCUT2D eigenvalue weighted by Gasteiger charge is -2.16. The fourth-order valence-electron chi connectivity index (χ4n) is 8.85. The first-order valence-corrected chi connectivity index (χ1v) is 18.3. The predicted octanol–water partition coefficient (Wildman–Crippen LogP) is 13.4. The van der Waals surface area contributed by atoms with Gasteiger partial charge >= 0.3 is 0 Å². The van der Waals surface area contributed by atoms with Crippen molar-refractivity contribution in [2.75, 3.05) is 0 Å². The summed E-state index contributed by atoms with van der Waals surface area (Å²) in [5.74, 6) is 0.657. The van der Waals surface area contributed by atoms with Crippen LogP contribution >= 0.6 is 0 Å². The Hall–Kier alpha value is -7.30. The molecular formula is C50H29N3O. The maximum Gasteiger partial charge on any atom is 0.235 e. The Labute approximate surface area is 309 Å². The highest BCUT2D eigenvalue weighted by Crippen LogP contribution is 2.47. The van der Waals surface area contributed by atoms with Gasteiger partial charge in [0.1, 0.15) is 11.2 Å². The van der Waals surface area contributed by atoms with Gasteiger partial charge in [0.05, 0.1) is 22.2 Å². The topological polar surface area (TPSA) is 43.9 Å². The number of aromatic nitrogens is 3. The van der Waals surface area contributed by atoms with E-state index in [0.717, 1.165) is 66.1 Å². The van der Waals surface area contributed by atoms with Crippen molar-refractivity contribution in [3.05, 3.63) is 176 Å². The molecular weight excluding hydrogens is 659 g/mol. The van der Waals surface area contributed by atoms with Crippen molar-refractivity contribution in [3.8, 4) is 28.3 Å². The quantitative estimate of drug-likeness (QED) is 0.174. The van der Waals surface area contributed by atoms with Gasteiger partial charge < -0.3 is 4.42 Å². The number of rotatable bonds is 3. The second-order valence-corrected chi connectivity index (χ2v) is 14.1. The Morgan fingerprint density at radius 1 is 0.389 bits per heavy atom. The third-order valence-corrected chi connectivity index (χ3v) is 11.2. The molecule has 4 heteroatoms. The van der Waals surface area contributed by atoms with E-state index in [9.17, 15) is 0 Å². The average Bonchev–Trinajstić information content (AvgIpc) is 3.79. The lowest BCUT2D eigenvalue weighted by atomic mass is 9.88. The summed E-state index contributed by atoms with van der Waals surface area (Å²) in [7, 11) is 0. The monoisotopic (exact) mass is 687 g/mol. The van der Waals surface area contributed by atoms with Crippen LogP contribution in [0.3, 0.4) is 0 Å². The van der Waals surface area contributed by atoms with Crippen LogP contribution in [0, 0.1) is 0 Å². The third-order valence-electron chi connectivity index (χ3n) is 11.2. The highest BCUT2D eigenvalue weighted by Gasteiger charge is 2.23. The molecule has 0 unspecified atom stereocenters. The molecule has 0 bridgehead atoms. The first-order valence-electron chi connectivity index (χ1n) is 18.3. The molecule has 9 aromatic carbocycles. The van der Waals surface area contributed by atoms with Crippen molar-refractivity contribution in [3.63, 3.8) is 0 Å². The summed E-state index contributed by atoms with van der Waals surface area (Å²) in [4.78, 5) is 10.7. The highest BCUT2D eigenvalue weighted by atomic mass is 16.3. The van der Waals surface area contributed by atoms with Gasteiger partial charge in [0.25, 0.3) is 0 Å². The van der Waals surface area contributed by atoms with Gasteiger partial charge in [-0.25, -0.2) is 9.97 Å². The Morgan fingerprint density at radius 3 is 1.89 bits per heavy atom. The van der Waals surface area contributed by atoms with Gasteiger partial charge in [-0.3, -0.25) is 4.57 Å². The molecule has 0 radical (unpaired) electrons. The van der Waals surface area contributed by atoms with Crippen molar-refractivity contribution in [2.45, 2.75) is 0 Å². The van der Waals surface area contributed by atoms with E-state index >= 15 is 0 Å². The molecule has 0 spiro atoms. The Morgan fingerprint density at radius 2 is 1.04 bits per heavy atom. The van der Waals surface area contributed by atoms with Crippen LogP contribution in [-0.4, -0.2) is 14.5 Å². The van der Waals surface area contributed by atoms with Gasteiger partial charge in [0, 0.05) is 43.3 Å². The summed E-state index contributed by atoms with van der Waals surface area (Å²) in [6.45, 7) is 0. The number of nitrogens with zero attached hydrogens (tertiary/aromatic N) is 3. The molecule has 250 valence electrons. The number of hydrogen-bond donors (Lipinski definition) is 0. The summed E-state index contributed by atoms with van der Waals surface area (Å²) in [6.07, 6.45) is 0. The normalized spacial score (nSPS) is 12.1. The fraction of sp³-hybridized carbons (Fsp3) is 0. The standard InChI is InChI=1S/C50H29N3O/c1-2-14-30(15-3-1)48-37-21-8-11-23-42(37)51-50(52-48)53-43-24-12-9-22-38(43)47-46-35-19-6-4-16-32(35)39(29-41(46)33-17-5-7-20-36(33)49(47)53)31-26-27-45-40(28-31)34-18-10-13-25-44(34)54-45/h1-29H. The minimum Gasteiger partial charge on any atom is -0.456 e. The van der Waals surface area contributed by atoms with Crippen molar-refractivity contribution in [1.82, 2.24) is 14.5 Å². The van der Waals surface area contributed by atoms with Crippen LogP contribution in [0.2, 0.25) is 0 Å². The molecule has 0 fully saturated rings. The molecule has 3 aromatic heterocycles.